The predicted molar refractivity (Wildman–Crippen MR) is 91.6 cm³/mol. The minimum atomic E-state index is 0.565. The molecule has 3 rings (SSSR count). The molecule has 1 aromatic heterocycles. The Bertz CT molecular complexity index is 610. The standard InChI is InChI=1S/C19H27N3O/c1-14(2)17-6-4-15(5-7-17)12-18-20-19(23-21-18)13-16-8-10-22(3)11-9-16/h4-7,14,16H,8-13H2,1-3H3. The number of rotatable bonds is 5. The van der Waals surface area contributed by atoms with E-state index in [-0.39, 0.29) is 0 Å². The maximum absolute atomic E-state index is 5.45. The summed E-state index contributed by atoms with van der Waals surface area (Å²) in [5.74, 6) is 2.85. The van der Waals surface area contributed by atoms with Gasteiger partial charge in [0.2, 0.25) is 5.89 Å². The van der Waals surface area contributed by atoms with E-state index >= 15 is 0 Å². The van der Waals surface area contributed by atoms with E-state index in [1.165, 1.54) is 37.1 Å². The van der Waals surface area contributed by atoms with Gasteiger partial charge in [-0.05, 0) is 55.9 Å². The zero-order chi connectivity index (χ0) is 16.2. The molecule has 124 valence electrons. The van der Waals surface area contributed by atoms with Crippen molar-refractivity contribution in [1.29, 1.82) is 0 Å². The summed E-state index contributed by atoms with van der Waals surface area (Å²) >= 11 is 0. The van der Waals surface area contributed by atoms with Gasteiger partial charge in [-0.3, -0.25) is 0 Å². The highest BCUT2D eigenvalue weighted by Gasteiger charge is 2.19. The summed E-state index contributed by atoms with van der Waals surface area (Å²) in [7, 11) is 2.19. The maximum Gasteiger partial charge on any atom is 0.226 e. The van der Waals surface area contributed by atoms with E-state index in [4.69, 9.17) is 4.52 Å². The third-order valence-corrected chi connectivity index (χ3v) is 4.82. The number of hydrogen-bond acceptors (Lipinski definition) is 4. The first-order chi connectivity index (χ1) is 11.1. The lowest BCUT2D eigenvalue weighted by atomic mass is 9.94. The van der Waals surface area contributed by atoms with Crippen molar-refractivity contribution in [2.75, 3.05) is 20.1 Å². The SMILES string of the molecule is CC(C)c1ccc(Cc2noc(CC3CCN(C)CC3)n2)cc1. The van der Waals surface area contributed by atoms with Gasteiger partial charge in [0.15, 0.2) is 5.82 Å². The predicted octanol–water partition coefficient (Wildman–Crippen LogP) is 3.67. The van der Waals surface area contributed by atoms with E-state index in [1.807, 2.05) is 0 Å². The van der Waals surface area contributed by atoms with Crippen LogP contribution in [0.4, 0.5) is 0 Å². The first kappa shape index (κ1) is 16.2. The maximum atomic E-state index is 5.45. The van der Waals surface area contributed by atoms with Crippen molar-refractivity contribution in [3.05, 3.63) is 47.1 Å². The highest BCUT2D eigenvalue weighted by molar-refractivity contribution is 5.26. The number of hydrogen-bond donors (Lipinski definition) is 0. The summed E-state index contributed by atoms with van der Waals surface area (Å²) in [6, 6.07) is 8.73. The van der Waals surface area contributed by atoms with Crippen LogP contribution in [-0.4, -0.2) is 35.2 Å². The van der Waals surface area contributed by atoms with E-state index in [0.29, 0.717) is 11.8 Å². The fraction of sp³-hybridized carbons (Fsp3) is 0.579. The molecule has 0 radical (unpaired) electrons. The molecule has 0 aliphatic carbocycles. The van der Waals surface area contributed by atoms with Gasteiger partial charge in [0, 0.05) is 12.8 Å². The Morgan fingerprint density at radius 2 is 1.87 bits per heavy atom. The first-order valence-corrected chi connectivity index (χ1v) is 8.69. The molecule has 0 saturated carbocycles. The van der Waals surface area contributed by atoms with Crippen LogP contribution in [0, 0.1) is 5.92 Å². The zero-order valence-corrected chi connectivity index (χ0v) is 14.5. The molecule has 0 amide bonds. The van der Waals surface area contributed by atoms with Crippen LogP contribution in [0.25, 0.3) is 0 Å². The Kier molecular flexibility index (Phi) is 5.11. The summed E-state index contributed by atoms with van der Waals surface area (Å²) in [5.41, 5.74) is 2.60. The van der Waals surface area contributed by atoms with Gasteiger partial charge in [-0.25, -0.2) is 0 Å². The molecule has 4 heteroatoms. The van der Waals surface area contributed by atoms with Crippen LogP contribution in [0.2, 0.25) is 0 Å². The molecule has 1 aromatic carbocycles. The molecule has 1 aliphatic heterocycles. The smallest absolute Gasteiger partial charge is 0.226 e. The Morgan fingerprint density at radius 3 is 2.52 bits per heavy atom. The van der Waals surface area contributed by atoms with Crippen molar-refractivity contribution in [1.82, 2.24) is 15.0 Å². The van der Waals surface area contributed by atoms with Gasteiger partial charge in [-0.15, -0.1) is 0 Å². The van der Waals surface area contributed by atoms with Crippen molar-refractivity contribution in [2.45, 2.75) is 45.4 Å². The van der Waals surface area contributed by atoms with Crippen molar-refractivity contribution < 1.29 is 4.52 Å². The number of likely N-dealkylation sites (tertiary alicyclic amines) is 1. The number of nitrogens with zero attached hydrogens (tertiary/aromatic N) is 3. The molecule has 0 unspecified atom stereocenters. The molecule has 0 spiro atoms. The van der Waals surface area contributed by atoms with Crippen LogP contribution in [0.1, 0.15) is 55.4 Å². The van der Waals surface area contributed by atoms with Gasteiger partial charge < -0.3 is 9.42 Å². The van der Waals surface area contributed by atoms with E-state index in [9.17, 15) is 0 Å². The number of benzene rings is 1. The van der Waals surface area contributed by atoms with Gasteiger partial charge in [0.05, 0.1) is 0 Å². The molecule has 2 aromatic rings. The number of piperidine rings is 1. The Labute approximate surface area is 138 Å². The van der Waals surface area contributed by atoms with Crippen molar-refractivity contribution in [3.8, 4) is 0 Å². The summed E-state index contributed by atoms with van der Waals surface area (Å²) in [4.78, 5) is 6.97. The molecule has 4 nitrogen and oxygen atoms in total. The molecule has 0 bridgehead atoms. The van der Waals surface area contributed by atoms with E-state index in [1.54, 1.807) is 0 Å². The normalized spacial score (nSPS) is 17.0. The average Bonchev–Trinajstić information content (AvgIpc) is 2.97. The minimum Gasteiger partial charge on any atom is -0.339 e. The summed E-state index contributed by atoms with van der Waals surface area (Å²) in [5, 5.41) is 4.15. The highest BCUT2D eigenvalue weighted by Crippen LogP contribution is 2.21. The largest absolute Gasteiger partial charge is 0.339 e. The average molecular weight is 313 g/mol. The van der Waals surface area contributed by atoms with E-state index in [0.717, 1.165) is 24.6 Å². The van der Waals surface area contributed by atoms with Crippen LogP contribution >= 0.6 is 0 Å². The van der Waals surface area contributed by atoms with Crippen LogP contribution < -0.4 is 0 Å². The molecule has 0 atom stereocenters. The van der Waals surface area contributed by atoms with Crippen molar-refractivity contribution in [2.24, 2.45) is 5.92 Å². The molecule has 1 fully saturated rings. The lowest BCUT2D eigenvalue weighted by Gasteiger charge is -2.27. The molecule has 23 heavy (non-hydrogen) atoms. The molecular formula is C19H27N3O. The molecule has 2 heterocycles. The second-order valence-corrected chi connectivity index (χ2v) is 7.13. The summed E-state index contributed by atoms with van der Waals surface area (Å²) in [6.45, 7) is 6.77. The molecular weight excluding hydrogens is 286 g/mol. The van der Waals surface area contributed by atoms with Gasteiger partial charge in [-0.2, -0.15) is 4.98 Å². The second-order valence-electron chi connectivity index (χ2n) is 7.13. The first-order valence-electron chi connectivity index (χ1n) is 8.69. The van der Waals surface area contributed by atoms with E-state index < -0.39 is 0 Å². The Balaban J connectivity index is 1.56. The Hall–Kier alpha value is -1.68. The topological polar surface area (TPSA) is 42.2 Å². The van der Waals surface area contributed by atoms with Gasteiger partial charge in [-0.1, -0.05) is 43.3 Å². The van der Waals surface area contributed by atoms with Crippen LogP contribution in [0.5, 0.6) is 0 Å². The quantitative estimate of drug-likeness (QED) is 0.844. The monoisotopic (exact) mass is 313 g/mol. The number of aromatic nitrogens is 2. The molecule has 1 saturated heterocycles. The molecule has 1 aliphatic rings. The van der Waals surface area contributed by atoms with Gasteiger partial charge in [0.1, 0.15) is 0 Å². The van der Waals surface area contributed by atoms with Gasteiger partial charge >= 0.3 is 0 Å². The Morgan fingerprint density at radius 1 is 1.17 bits per heavy atom. The van der Waals surface area contributed by atoms with Crippen molar-refractivity contribution in [3.63, 3.8) is 0 Å². The van der Waals surface area contributed by atoms with Crippen LogP contribution in [0.15, 0.2) is 28.8 Å². The second kappa shape index (κ2) is 7.26. The lowest BCUT2D eigenvalue weighted by Crippen LogP contribution is -2.30. The zero-order valence-electron chi connectivity index (χ0n) is 14.5. The van der Waals surface area contributed by atoms with Crippen LogP contribution in [0.3, 0.4) is 0 Å². The highest BCUT2D eigenvalue weighted by atomic mass is 16.5. The van der Waals surface area contributed by atoms with E-state index in [2.05, 4.69) is 60.2 Å². The third kappa shape index (κ3) is 4.41. The fourth-order valence-corrected chi connectivity index (χ4v) is 3.16. The fourth-order valence-electron chi connectivity index (χ4n) is 3.16. The third-order valence-electron chi connectivity index (χ3n) is 4.82. The summed E-state index contributed by atoms with van der Waals surface area (Å²) in [6.07, 6.45) is 4.12. The lowest BCUT2D eigenvalue weighted by molar-refractivity contribution is 0.208. The van der Waals surface area contributed by atoms with Crippen LogP contribution in [-0.2, 0) is 12.8 Å². The summed E-state index contributed by atoms with van der Waals surface area (Å²) < 4.78 is 5.45. The minimum absolute atomic E-state index is 0.565. The molecule has 0 N–H and O–H groups in total. The van der Waals surface area contributed by atoms with Gasteiger partial charge in [0.25, 0.3) is 0 Å². The van der Waals surface area contributed by atoms with Crippen molar-refractivity contribution >= 4 is 0 Å².